The second-order valence-electron chi connectivity index (χ2n) is 4.90. The van der Waals surface area contributed by atoms with Gasteiger partial charge in [0.15, 0.2) is 0 Å². The predicted octanol–water partition coefficient (Wildman–Crippen LogP) is -1.58. The van der Waals surface area contributed by atoms with E-state index in [2.05, 4.69) is 27.1 Å². The van der Waals surface area contributed by atoms with Crippen LogP contribution < -0.4 is 11.1 Å². The summed E-state index contributed by atoms with van der Waals surface area (Å²) < 4.78 is 0. The lowest BCUT2D eigenvalue weighted by atomic mass is 10.2. The first kappa shape index (κ1) is 12.3. The van der Waals surface area contributed by atoms with Crippen molar-refractivity contribution < 1.29 is 0 Å². The van der Waals surface area contributed by atoms with Crippen molar-refractivity contribution in [2.75, 3.05) is 66.0 Å². The maximum absolute atomic E-state index is 5.58. The number of likely N-dealkylation sites (N-methyl/N-ethyl adjacent to an activating group) is 1. The van der Waals surface area contributed by atoms with Gasteiger partial charge in [-0.05, 0) is 7.05 Å². The van der Waals surface area contributed by atoms with Crippen LogP contribution >= 0.6 is 0 Å². The fourth-order valence-corrected chi connectivity index (χ4v) is 2.60. The molecule has 0 aromatic heterocycles. The zero-order valence-corrected chi connectivity index (χ0v) is 10.4. The molecule has 0 saturated carbocycles. The second kappa shape index (κ2) is 5.93. The molecule has 2 aliphatic rings. The lowest BCUT2D eigenvalue weighted by Gasteiger charge is -2.43. The van der Waals surface area contributed by atoms with E-state index in [0.717, 1.165) is 26.2 Å². The summed E-state index contributed by atoms with van der Waals surface area (Å²) in [5.74, 6) is 0. The summed E-state index contributed by atoms with van der Waals surface area (Å²) in [5, 5.41) is 3.61. The largest absolute Gasteiger partial charge is 0.329 e. The highest BCUT2D eigenvalue weighted by Crippen LogP contribution is 2.07. The summed E-state index contributed by atoms with van der Waals surface area (Å²) in [7, 11) is 2.21. The molecule has 2 heterocycles. The highest BCUT2D eigenvalue weighted by Gasteiger charge is 2.25. The molecule has 0 radical (unpaired) electrons. The Bertz CT molecular complexity index is 203. The van der Waals surface area contributed by atoms with Crippen molar-refractivity contribution in [2.45, 2.75) is 6.17 Å². The molecule has 16 heavy (non-hydrogen) atoms. The third kappa shape index (κ3) is 3.15. The van der Waals surface area contributed by atoms with Gasteiger partial charge in [-0.3, -0.25) is 15.1 Å². The molecule has 0 bridgehead atoms. The summed E-state index contributed by atoms with van der Waals surface area (Å²) in [4.78, 5) is 7.44. The minimum atomic E-state index is 0.554. The van der Waals surface area contributed by atoms with E-state index in [9.17, 15) is 0 Å². The smallest absolute Gasteiger partial charge is 0.0729 e. The van der Waals surface area contributed by atoms with Crippen LogP contribution in [0.2, 0.25) is 0 Å². The molecular weight excluding hydrogens is 202 g/mol. The molecular formula is C11H25N5. The molecule has 1 unspecified atom stereocenters. The number of hydrogen-bond acceptors (Lipinski definition) is 5. The highest BCUT2D eigenvalue weighted by atomic mass is 15.4. The van der Waals surface area contributed by atoms with E-state index in [1.54, 1.807) is 0 Å². The number of nitrogens with one attached hydrogen (secondary N) is 1. The Morgan fingerprint density at radius 3 is 2.56 bits per heavy atom. The zero-order valence-electron chi connectivity index (χ0n) is 10.4. The molecule has 2 rings (SSSR count). The van der Waals surface area contributed by atoms with Crippen molar-refractivity contribution in [1.82, 2.24) is 20.0 Å². The maximum Gasteiger partial charge on any atom is 0.0729 e. The van der Waals surface area contributed by atoms with E-state index in [4.69, 9.17) is 5.73 Å². The first-order valence-corrected chi connectivity index (χ1v) is 6.38. The summed E-state index contributed by atoms with van der Waals surface area (Å²) in [5.41, 5.74) is 5.58. The standard InChI is InChI=1S/C11H25N5/c1-14-5-3-13-11(10-14)16-8-6-15(4-2-12)7-9-16/h11,13H,2-10,12H2,1H3. The first-order chi connectivity index (χ1) is 7.79. The number of nitrogens with zero attached hydrogens (tertiary/aromatic N) is 3. The van der Waals surface area contributed by atoms with Gasteiger partial charge in [0.1, 0.15) is 0 Å². The Labute approximate surface area is 98.5 Å². The van der Waals surface area contributed by atoms with E-state index >= 15 is 0 Å². The van der Waals surface area contributed by atoms with Gasteiger partial charge in [0, 0.05) is 58.9 Å². The third-order valence-corrected chi connectivity index (χ3v) is 3.65. The van der Waals surface area contributed by atoms with Crippen LogP contribution in [0, 0.1) is 0 Å². The van der Waals surface area contributed by atoms with E-state index in [1.165, 1.54) is 32.7 Å². The lowest BCUT2D eigenvalue weighted by molar-refractivity contribution is 0.0498. The predicted molar refractivity (Wildman–Crippen MR) is 66.4 cm³/mol. The molecule has 2 fully saturated rings. The van der Waals surface area contributed by atoms with Crippen molar-refractivity contribution in [2.24, 2.45) is 5.73 Å². The number of rotatable bonds is 3. The quantitative estimate of drug-likeness (QED) is 0.610. The van der Waals surface area contributed by atoms with Gasteiger partial charge in [-0.1, -0.05) is 0 Å². The van der Waals surface area contributed by atoms with Crippen LogP contribution in [0.25, 0.3) is 0 Å². The van der Waals surface area contributed by atoms with Crippen LogP contribution in [-0.4, -0.2) is 86.8 Å². The van der Waals surface area contributed by atoms with Crippen molar-refractivity contribution >= 4 is 0 Å². The van der Waals surface area contributed by atoms with Gasteiger partial charge in [-0.25, -0.2) is 0 Å². The van der Waals surface area contributed by atoms with Crippen LogP contribution in [0.15, 0.2) is 0 Å². The molecule has 5 heteroatoms. The van der Waals surface area contributed by atoms with Gasteiger partial charge >= 0.3 is 0 Å². The van der Waals surface area contributed by atoms with Crippen molar-refractivity contribution in [3.63, 3.8) is 0 Å². The van der Waals surface area contributed by atoms with Crippen molar-refractivity contribution in [1.29, 1.82) is 0 Å². The van der Waals surface area contributed by atoms with Gasteiger partial charge in [-0.15, -0.1) is 0 Å². The first-order valence-electron chi connectivity index (χ1n) is 6.38. The van der Waals surface area contributed by atoms with Gasteiger partial charge in [0.2, 0.25) is 0 Å². The topological polar surface area (TPSA) is 47.8 Å². The molecule has 1 atom stereocenters. The fourth-order valence-electron chi connectivity index (χ4n) is 2.60. The normalized spacial score (nSPS) is 30.8. The summed E-state index contributed by atoms with van der Waals surface area (Å²) in [6.07, 6.45) is 0.554. The second-order valence-corrected chi connectivity index (χ2v) is 4.90. The highest BCUT2D eigenvalue weighted by molar-refractivity contribution is 4.82. The van der Waals surface area contributed by atoms with Crippen LogP contribution in [0.5, 0.6) is 0 Å². The average molecular weight is 227 g/mol. The SMILES string of the molecule is CN1CCNC(N2CCN(CCN)CC2)C1. The Hall–Kier alpha value is -0.200. The van der Waals surface area contributed by atoms with Crippen molar-refractivity contribution in [3.8, 4) is 0 Å². The minimum Gasteiger partial charge on any atom is -0.329 e. The fraction of sp³-hybridized carbons (Fsp3) is 1.00. The Balaban J connectivity index is 1.75. The average Bonchev–Trinajstić information content (AvgIpc) is 2.30. The van der Waals surface area contributed by atoms with E-state index in [-0.39, 0.29) is 0 Å². The molecule has 2 aliphatic heterocycles. The van der Waals surface area contributed by atoms with Gasteiger partial charge in [-0.2, -0.15) is 0 Å². The summed E-state index contributed by atoms with van der Waals surface area (Å²) in [6.45, 7) is 9.94. The number of piperazine rings is 2. The number of nitrogens with two attached hydrogens (primary N) is 1. The molecule has 94 valence electrons. The maximum atomic E-state index is 5.58. The van der Waals surface area contributed by atoms with Crippen LogP contribution in [0.4, 0.5) is 0 Å². The van der Waals surface area contributed by atoms with Gasteiger partial charge in [0.05, 0.1) is 6.17 Å². The molecule has 0 spiro atoms. The molecule has 0 aliphatic carbocycles. The number of hydrogen-bond donors (Lipinski definition) is 2. The Kier molecular flexibility index (Phi) is 4.55. The molecule has 0 aromatic carbocycles. The van der Waals surface area contributed by atoms with E-state index in [0.29, 0.717) is 6.17 Å². The Morgan fingerprint density at radius 1 is 1.19 bits per heavy atom. The van der Waals surface area contributed by atoms with Gasteiger partial charge < -0.3 is 10.6 Å². The molecule has 2 saturated heterocycles. The Morgan fingerprint density at radius 2 is 1.94 bits per heavy atom. The molecule has 0 amide bonds. The van der Waals surface area contributed by atoms with Crippen LogP contribution in [0.1, 0.15) is 0 Å². The minimum absolute atomic E-state index is 0.554. The summed E-state index contributed by atoms with van der Waals surface area (Å²) >= 11 is 0. The van der Waals surface area contributed by atoms with Gasteiger partial charge in [0.25, 0.3) is 0 Å². The summed E-state index contributed by atoms with van der Waals surface area (Å²) in [6, 6.07) is 0. The van der Waals surface area contributed by atoms with Crippen LogP contribution in [-0.2, 0) is 0 Å². The van der Waals surface area contributed by atoms with E-state index < -0.39 is 0 Å². The van der Waals surface area contributed by atoms with Crippen LogP contribution in [0.3, 0.4) is 0 Å². The molecule has 5 nitrogen and oxygen atoms in total. The third-order valence-electron chi connectivity index (χ3n) is 3.65. The van der Waals surface area contributed by atoms with E-state index in [1.807, 2.05) is 0 Å². The lowest BCUT2D eigenvalue weighted by Crippen LogP contribution is -2.61. The zero-order chi connectivity index (χ0) is 11.4. The monoisotopic (exact) mass is 227 g/mol. The molecule has 3 N–H and O–H groups in total. The van der Waals surface area contributed by atoms with Crippen molar-refractivity contribution in [3.05, 3.63) is 0 Å². The molecule has 0 aromatic rings.